The highest BCUT2D eigenvalue weighted by atomic mass is 16.5. The number of pyridine rings is 1. The molecule has 3 aromatic rings. The largest absolute Gasteiger partial charge is 0.473 e. The number of hydrogen-bond donors (Lipinski definition) is 3. The number of carbonyl (C=O) groups excluding carboxylic acids is 1. The van der Waals surface area contributed by atoms with Crippen molar-refractivity contribution in [3.8, 4) is 17.1 Å². The van der Waals surface area contributed by atoms with Crippen LogP contribution in [0.15, 0.2) is 53.2 Å². The summed E-state index contributed by atoms with van der Waals surface area (Å²) in [5.41, 5.74) is 2.44. The van der Waals surface area contributed by atoms with E-state index in [2.05, 4.69) is 15.5 Å². The topological polar surface area (TPSA) is 118 Å². The Bertz CT molecular complexity index is 878. The maximum absolute atomic E-state index is 11.8. The van der Waals surface area contributed by atoms with Gasteiger partial charge in [0.15, 0.2) is 5.76 Å². The van der Waals surface area contributed by atoms with Crippen molar-refractivity contribution in [1.82, 2.24) is 15.5 Å². The molecule has 1 amide bonds. The number of carbonyl (C=O) groups is 1. The molecule has 3 rings (SSSR count). The summed E-state index contributed by atoms with van der Waals surface area (Å²) in [7, 11) is 0. The molecule has 0 aliphatic rings. The molecule has 27 heavy (non-hydrogen) atoms. The fourth-order valence-corrected chi connectivity index (χ4v) is 2.46. The van der Waals surface area contributed by atoms with Crippen LogP contribution in [0.1, 0.15) is 21.7 Å². The lowest BCUT2D eigenvalue weighted by Crippen LogP contribution is -2.26. The second-order valence-corrected chi connectivity index (χ2v) is 5.61. The van der Waals surface area contributed by atoms with E-state index in [1.807, 2.05) is 30.3 Å². The van der Waals surface area contributed by atoms with E-state index in [-0.39, 0.29) is 32.3 Å². The van der Waals surface area contributed by atoms with Crippen molar-refractivity contribution < 1.29 is 24.3 Å². The molecule has 0 radical (unpaired) electrons. The summed E-state index contributed by atoms with van der Waals surface area (Å²) < 4.78 is 10.9. The quantitative estimate of drug-likeness (QED) is 0.551. The van der Waals surface area contributed by atoms with Gasteiger partial charge in [-0.05, 0) is 6.07 Å². The molecule has 2 heterocycles. The molecule has 8 nitrogen and oxygen atoms in total. The number of aromatic nitrogens is 2. The van der Waals surface area contributed by atoms with Crippen LogP contribution in [0.25, 0.3) is 11.3 Å². The fourth-order valence-electron chi connectivity index (χ4n) is 2.46. The molecule has 2 aromatic heterocycles. The Morgan fingerprint density at radius 3 is 2.63 bits per heavy atom. The highest BCUT2D eigenvalue weighted by Gasteiger charge is 2.18. The molecule has 0 atom stereocenters. The summed E-state index contributed by atoms with van der Waals surface area (Å²) in [5.74, 6) is 0.322. The number of benzene rings is 1. The molecule has 0 aliphatic carbocycles. The van der Waals surface area contributed by atoms with Crippen LogP contribution in [0.3, 0.4) is 0 Å². The van der Waals surface area contributed by atoms with E-state index < -0.39 is 0 Å². The molecule has 0 saturated heterocycles. The van der Waals surface area contributed by atoms with Crippen LogP contribution >= 0.6 is 0 Å². The molecule has 0 saturated carbocycles. The summed E-state index contributed by atoms with van der Waals surface area (Å²) in [6, 6.07) is 12.6. The van der Waals surface area contributed by atoms with E-state index in [1.54, 1.807) is 12.1 Å². The van der Waals surface area contributed by atoms with Crippen LogP contribution < -0.4 is 10.1 Å². The first-order valence-electron chi connectivity index (χ1n) is 8.34. The van der Waals surface area contributed by atoms with Crippen LogP contribution in [0.4, 0.5) is 0 Å². The highest BCUT2D eigenvalue weighted by molar-refractivity contribution is 5.93. The third-order valence-electron chi connectivity index (χ3n) is 3.82. The molecule has 140 valence electrons. The maximum atomic E-state index is 11.8. The first kappa shape index (κ1) is 18.6. The summed E-state index contributed by atoms with van der Waals surface area (Å²) >= 11 is 0. The zero-order valence-corrected chi connectivity index (χ0v) is 14.5. The van der Waals surface area contributed by atoms with Crippen LogP contribution in [0, 0.1) is 0 Å². The molecular formula is C19H19N3O5. The molecular weight excluding hydrogens is 350 g/mol. The van der Waals surface area contributed by atoms with Gasteiger partial charge in [-0.2, -0.15) is 0 Å². The van der Waals surface area contributed by atoms with E-state index in [0.717, 1.165) is 5.56 Å². The number of hydrogen-bond acceptors (Lipinski definition) is 7. The lowest BCUT2D eigenvalue weighted by molar-refractivity contribution is 0.0944. The van der Waals surface area contributed by atoms with Crippen LogP contribution in [-0.4, -0.2) is 39.4 Å². The second kappa shape index (κ2) is 8.93. The smallest absolute Gasteiger partial charge is 0.252 e. The summed E-state index contributed by atoms with van der Waals surface area (Å²) in [5, 5.41) is 24.8. The number of aliphatic hydroxyl groups is 2. The average Bonchev–Trinajstić information content (AvgIpc) is 3.14. The minimum Gasteiger partial charge on any atom is -0.473 e. The SMILES string of the molecule is O=C(NCCO)c1ccc(OCc2c(-c3ccccc3)noc2CO)nc1. The Morgan fingerprint density at radius 1 is 1.15 bits per heavy atom. The van der Waals surface area contributed by atoms with E-state index in [9.17, 15) is 9.90 Å². The maximum Gasteiger partial charge on any atom is 0.252 e. The van der Waals surface area contributed by atoms with Gasteiger partial charge in [-0.3, -0.25) is 4.79 Å². The van der Waals surface area contributed by atoms with Crippen molar-refractivity contribution in [3.63, 3.8) is 0 Å². The fraction of sp³-hybridized carbons (Fsp3) is 0.211. The zero-order valence-electron chi connectivity index (χ0n) is 14.5. The lowest BCUT2D eigenvalue weighted by atomic mass is 10.1. The van der Waals surface area contributed by atoms with Crippen molar-refractivity contribution in [1.29, 1.82) is 0 Å². The van der Waals surface area contributed by atoms with Gasteiger partial charge in [-0.1, -0.05) is 35.5 Å². The van der Waals surface area contributed by atoms with Gasteiger partial charge < -0.3 is 24.8 Å². The normalized spacial score (nSPS) is 10.6. The third-order valence-corrected chi connectivity index (χ3v) is 3.82. The predicted molar refractivity (Wildman–Crippen MR) is 95.8 cm³/mol. The van der Waals surface area contributed by atoms with Gasteiger partial charge in [0, 0.05) is 24.4 Å². The van der Waals surface area contributed by atoms with Crippen molar-refractivity contribution >= 4 is 5.91 Å². The van der Waals surface area contributed by atoms with Gasteiger partial charge in [0.05, 0.1) is 17.7 Å². The van der Waals surface area contributed by atoms with E-state index in [4.69, 9.17) is 14.4 Å². The number of rotatable bonds is 8. The minimum absolute atomic E-state index is 0.104. The van der Waals surface area contributed by atoms with Crippen molar-refractivity contribution in [2.24, 2.45) is 0 Å². The molecule has 1 aromatic carbocycles. The molecule has 0 spiro atoms. The first-order chi connectivity index (χ1) is 13.2. The van der Waals surface area contributed by atoms with Crippen molar-refractivity contribution in [3.05, 3.63) is 65.5 Å². The van der Waals surface area contributed by atoms with E-state index >= 15 is 0 Å². The Hall–Kier alpha value is -3.23. The van der Waals surface area contributed by atoms with Gasteiger partial charge in [-0.25, -0.2) is 4.98 Å². The van der Waals surface area contributed by atoms with Gasteiger partial charge in [0.25, 0.3) is 5.91 Å². The summed E-state index contributed by atoms with van der Waals surface area (Å²) in [6.07, 6.45) is 1.39. The average molecular weight is 369 g/mol. The van der Waals surface area contributed by atoms with Gasteiger partial charge >= 0.3 is 0 Å². The third kappa shape index (κ3) is 4.49. The van der Waals surface area contributed by atoms with E-state index in [1.165, 1.54) is 6.20 Å². The number of nitrogens with zero attached hydrogens (tertiary/aromatic N) is 2. The predicted octanol–water partition coefficient (Wildman–Crippen LogP) is 1.53. The highest BCUT2D eigenvalue weighted by Crippen LogP contribution is 2.26. The Labute approximate surface area is 155 Å². The van der Waals surface area contributed by atoms with Crippen LogP contribution in [-0.2, 0) is 13.2 Å². The van der Waals surface area contributed by atoms with Crippen molar-refractivity contribution in [2.75, 3.05) is 13.2 Å². The number of amides is 1. The molecule has 0 bridgehead atoms. The summed E-state index contributed by atoms with van der Waals surface area (Å²) in [4.78, 5) is 15.9. The monoisotopic (exact) mass is 369 g/mol. The molecule has 0 unspecified atom stereocenters. The summed E-state index contributed by atoms with van der Waals surface area (Å²) in [6.45, 7) is -0.143. The van der Waals surface area contributed by atoms with Crippen molar-refractivity contribution in [2.45, 2.75) is 13.2 Å². The van der Waals surface area contributed by atoms with Crippen LogP contribution in [0.2, 0.25) is 0 Å². The molecule has 3 N–H and O–H groups in total. The minimum atomic E-state index is -0.323. The number of aliphatic hydroxyl groups excluding tert-OH is 2. The van der Waals surface area contributed by atoms with Gasteiger partial charge in [-0.15, -0.1) is 0 Å². The molecule has 0 aliphatic heterocycles. The standard InChI is InChI=1S/C19H19N3O5/c23-9-8-20-19(25)14-6-7-17(21-10-14)26-12-15-16(11-24)27-22-18(15)13-4-2-1-3-5-13/h1-7,10,23-24H,8-9,11-12H2,(H,20,25). The van der Waals surface area contributed by atoms with Crippen LogP contribution in [0.5, 0.6) is 5.88 Å². The second-order valence-electron chi connectivity index (χ2n) is 5.61. The Morgan fingerprint density at radius 2 is 1.96 bits per heavy atom. The van der Waals surface area contributed by atoms with Gasteiger partial charge in [0.2, 0.25) is 5.88 Å². The lowest BCUT2D eigenvalue weighted by Gasteiger charge is -2.07. The number of nitrogens with one attached hydrogen (secondary N) is 1. The number of ether oxygens (including phenoxy) is 1. The van der Waals surface area contributed by atoms with E-state index in [0.29, 0.717) is 28.5 Å². The zero-order chi connectivity index (χ0) is 19.1. The Kier molecular flexibility index (Phi) is 6.14. The first-order valence-corrected chi connectivity index (χ1v) is 8.34. The van der Waals surface area contributed by atoms with Gasteiger partial charge in [0.1, 0.15) is 18.9 Å². The Balaban J connectivity index is 1.72. The molecule has 8 heteroatoms. The molecule has 0 fully saturated rings.